The number of primary sulfonamides is 1. The van der Waals surface area contributed by atoms with Gasteiger partial charge in [-0.2, -0.15) is 4.72 Å². The number of ether oxygens (including phenoxy) is 1. The molecule has 0 radical (unpaired) electrons. The molecule has 156 valence electrons. The molecule has 0 saturated carbocycles. The van der Waals surface area contributed by atoms with Gasteiger partial charge in [-0.25, -0.2) is 22.0 Å². The Labute approximate surface area is 178 Å². The Balaban J connectivity index is 1.69. The Morgan fingerprint density at radius 2 is 1.67 bits per heavy atom. The predicted octanol–water partition coefficient (Wildman–Crippen LogP) is 3.18. The summed E-state index contributed by atoms with van der Waals surface area (Å²) >= 11 is 6.01. The second-order valence-corrected chi connectivity index (χ2v) is 10.1. The van der Waals surface area contributed by atoms with Crippen LogP contribution in [0.1, 0.15) is 11.7 Å². The summed E-state index contributed by atoms with van der Waals surface area (Å²) in [6.45, 7) is 0. The minimum absolute atomic E-state index is 0.158. The van der Waals surface area contributed by atoms with Crippen molar-refractivity contribution in [3.63, 3.8) is 0 Å². The Hall–Kier alpha value is -2.63. The zero-order chi connectivity index (χ0) is 21.5. The normalized spacial score (nSPS) is 17.6. The first kappa shape index (κ1) is 20.6. The highest BCUT2D eigenvalue weighted by atomic mass is 35.5. The molecule has 3 aromatic rings. The van der Waals surface area contributed by atoms with Crippen LogP contribution in [0.15, 0.2) is 76.5 Å². The largest absolute Gasteiger partial charge is 0.457 e. The summed E-state index contributed by atoms with van der Waals surface area (Å²) in [6.07, 6.45) is -0.821. The van der Waals surface area contributed by atoms with Gasteiger partial charge in [0, 0.05) is 0 Å². The highest BCUT2D eigenvalue weighted by Crippen LogP contribution is 2.37. The van der Waals surface area contributed by atoms with E-state index in [0.29, 0.717) is 17.1 Å². The molecule has 1 aliphatic heterocycles. The fourth-order valence-electron chi connectivity index (χ4n) is 3.03. The standard InChI is InChI=1S/C19H16ClN3O5S2/c20-15-10-16-18(11-17(15)29(21,24)25)30(26,27)23-19(22-16)12-5-4-8-14(9-12)28-13-6-2-1-3-7-13/h1-11,19,22-23H,(H2,21,24,25)/t19-/m1/s1. The molecular formula is C19H16ClN3O5S2. The van der Waals surface area contributed by atoms with Crippen LogP contribution in [0, 0.1) is 0 Å². The molecule has 0 aromatic heterocycles. The summed E-state index contributed by atoms with van der Waals surface area (Å²) in [7, 11) is -8.23. The molecular weight excluding hydrogens is 450 g/mol. The average Bonchev–Trinajstić information content (AvgIpc) is 2.67. The Morgan fingerprint density at radius 3 is 2.37 bits per heavy atom. The molecule has 0 spiro atoms. The number of rotatable bonds is 4. The Morgan fingerprint density at radius 1 is 0.967 bits per heavy atom. The van der Waals surface area contributed by atoms with Crippen molar-refractivity contribution < 1.29 is 21.6 Å². The third kappa shape index (κ3) is 4.13. The first-order valence-electron chi connectivity index (χ1n) is 8.61. The van der Waals surface area contributed by atoms with Crippen LogP contribution >= 0.6 is 11.6 Å². The maximum Gasteiger partial charge on any atom is 0.244 e. The summed E-state index contributed by atoms with van der Waals surface area (Å²) in [4.78, 5) is -0.726. The molecule has 0 fully saturated rings. The van der Waals surface area contributed by atoms with Gasteiger partial charge in [-0.1, -0.05) is 41.9 Å². The number of benzene rings is 3. The van der Waals surface area contributed by atoms with Crippen LogP contribution in [-0.2, 0) is 20.0 Å². The van der Waals surface area contributed by atoms with E-state index in [1.165, 1.54) is 6.07 Å². The fourth-order valence-corrected chi connectivity index (χ4v) is 5.51. The van der Waals surface area contributed by atoms with Crippen molar-refractivity contribution in [2.45, 2.75) is 16.0 Å². The lowest BCUT2D eigenvalue weighted by molar-refractivity contribution is 0.481. The molecule has 0 bridgehead atoms. The van der Waals surface area contributed by atoms with E-state index < -0.39 is 31.1 Å². The zero-order valence-corrected chi connectivity index (χ0v) is 17.6. The number of para-hydroxylation sites is 1. The Bertz CT molecular complexity index is 1330. The molecule has 0 aliphatic carbocycles. The van der Waals surface area contributed by atoms with Gasteiger partial charge < -0.3 is 10.1 Å². The van der Waals surface area contributed by atoms with Crippen LogP contribution in [0.25, 0.3) is 0 Å². The number of hydrogen-bond acceptors (Lipinski definition) is 6. The zero-order valence-electron chi connectivity index (χ0n) is 15.2. The van der Waals surface area contributed by atoms with E-state index in [2.05, 4.69) is 10.0 Å². The third-order valence-electron chi connectivity index (χ3n) is 4.37. The lowest BCUT2D eigenvalue weighted by atomic mass is 10.1. The molecule has 1 heterocycles. The van der Waals surface area contributed by atoms with Gasteiger partial charge in [0.2, 0.25) is 20.0 Å². The van der Waals surface area contributed by atoms with Gasteiger partial charge in [-0.3, -0.25) is 0 Å². The number of hydrogen-bond donors (Lipinski definition) is 3. The van der Waals surface area contributed by atoms with Crippen molar-refractivity contribution in [1.82, 2.24) is 4.72 Å². The summed E-state index contributed by atoms with van der Waals surface area (Å²) < 4.78 is 57.1. The molecule has 11 heteroatoms. The maximum absolute atomic E-state index is 12.8. The molecule has 4 rings (SSSR count). The number of nitrogens with one attached hydrogen (secondary N) is 2. The minimum Gasteiger partial charge on any atom is -0.457 e. The van der Waals surface area contributed by atoms with Crippen molar-refractivity contribution in [3.8, 4) is 11.5 Å². The number of nitrogens with two attached hydrogens (primary N) is 1. The third-order valence-corrected chi connectivity index (χ3v) is 7.21. The molecule has 3 aromatic carbocycles. The lowest BCUT2D eigenvalue weighted by Gasteiger charge is -2.29. The van der Waals surface area contributed by atoms with Crippen LogP contribution in [0.3, 0.4) is 0 Å². The van der Waals surface area contributed by atoms with Crippen molar-refractivity contribution in [1.29, 1.82) is 0 Å². The number of halogens is 1. The number of fused-ring (bicyclic) bond motifs is 1. The highest BCUT2D eigenvalue weighted by molar-refractivity contribution is 7.90. The Kier molecular flexibility index (Phi) is 5.20. The summed E-state index contributed by atoms with van der Waals surface area (Å²) in [5.41, 5.74) is 0.745. The fraction of sp³-hybridized carbons (Fsp3) is 0.0526. The first-order chi connectivity index (χ1) is 14.1. The van der Waals surface area contributed by atoms with Gasteiger partial charge in [-0.05, 0) is 42.0 Å². The maximum atomic E-state index is 12.8. The van der Waals surface area contributed by atoms with Crippen LogP contribution in [-0.4, -0.2) is 16.8 Å². The molecule has 0 unspecified atom stereocenters. The smallest absolute Gasteiger partial charge is 0.244 e. The van der Waals surface area contributed by atoms with Gasteiger partial charge in [-0.15, -0.1) is 0 Å². The predicted molar refractivity (Wildman–Crippen MR) is 112 cm³/mol. The van der Waals surface area contributed by atoms with E-state index in [-0.39, 0.29) is 15.6 Å². The monoisotopic (exact) mass is 465 g/mol. The molecule has 0 amide bonds. The van der Waals surface area contributed by atoms with Crippen molar-refractivity contribution in [2.24, 2.45) is 5.14 Å². The van der Waals surface area contributed by atoms with Crippen LogP contribution in [0.2, 0.25) is 5.02 Å². The van der Waals surface area contributed by atoms with Gasteiger partial charge in [0.15, 0.2) is 0 Å². The van der Waals surface area contributed by atoms with Crippen molar-refractivity contribution in [3.05, 3.63) is 77.3 Å². The van der Waals surface area contributed by atoms with E-state index >= 15 is 0 Å². The van der Waals surface area contributed by atoms with E-state index in [1.54, 1.807) is 36.4 Å². The first-order valence-corrected chi connectivity index (χ1v) is 12.0. The quantitative estimate of drug-likeness (QED) is 0.543. The summed E-state index contributed by atoms with van der Waals surface area (Å²) in [5.74, 6) is 1.16. The minimum atomic E-state index is -4.19. The molecule has 0 saturated heterocycles. The van der Waals surface area contributed by atoms with Gasteiger partial charge in [0.1, 0.15) is 27.5 Å². The molecule has 1 atom stereocenters. The highest BCUT2D eigenvalue weighted by Gasteiger charge is 2.32. The summed E-state index contributed by atoms with van der Waals surface area (Å²) in [6, 6.07) is 18.2. The SMILES string of the molecule is NS(=O)(=O)c1cc2c(cc1Cl)N[C@@H](c1cccc(Oc3ccccc3)c1)NS2(=O)=O. The van der Waals surface area contributed by atoms with E-state index in [0.717, 1.165) is 6.07 Å². The van der Waals surface area contributed by atoms with E-state index in [1.807, 2.05) is 18.2 Å². The lowest BCUT2D eigenvalue weighted by Crippen LogP contribution is -2.38. The van der Waals surface area contributed by atoms with E-state index in [9.17, 15) is 16.8 Å². The molecule has 1 aliphatic rings. The van der Waals surface area contributed by atoms with Gasteiger partial charge >= 0.3 is 0 Å². The number of sulfonamides is 2. The molecule has 8 nitrogen and oxygen atoms in total. The second kappa shape index (κ2) is 7.56. The van der Waals surface area contributed by atoms with Crippen LogP contribution in [0.5, 0.6) is 11.5 Å². The topological polar surface area (TPSA) is 128 Å². The van der Waals surface area contributed by atoms with Gasteiger partial charge in [0.25, 0.3) is 0 Å². The molecule has 30 heavy (non-hydrogen) atoms. The van der Waals surface area contributed by atoms with Crippen molar-refractivity contribution in [2.75, 3.05) is 5.32 Å². The average molecular weight is 466 g/mol. The van der Waals surface area contributed by atoms with Gasteiger partial charge in [0.05, 0.1) is 10.7 Å². The van der Waals surface area contributed by atoms with Crippen molar-refractivity contribution >= 4 is 37.3 Å². The second-order valence-electron chi connectivity index (χ2n) is 6.51. The number of anilines is 1. The molecule has 4 N–H and O–H groups in total. The van der Waals surface area contributed by atoms with E-state index in [4.69, 9.17) is 21.5 Å². The van der Waals surface area contributed by atoms with Crippen LogP contribution in [0.4, 0.5) is 5.69 Å². The van der Waals surface area contributed by atoms with Crippen LogP contribution < -0.4 is 19.9 Å². The summed E-state index contributed by atoms with van der Waals surface area (Å²) in [5, 5.41) is 7.95.